The standard InChI is InChI=1S/C14H14F4O2/c15-12-10(9-3-4-9)5-6-11(19-7-8-1-2-8)13(12)20-14(16,17)18/h5-6,8-9H,1-4,7H2. The van der Waals surface area contributed by atoms with Gasteiger partial charge in [-0.3, -0.25) is 0 Å². The minimum absolute atomic E-state index is 0.00284. The van der Waals surface area contributed by atoms with E-state index in [2.05, 4.69) is 4.74 Å². The van der Waals surface area contributed by atoms with Gasteiger partial charge in [0.1, 0.15) is 0 Å². The van der Waals surface area contributed by atoms with Crippen LogP contribution < -0.4 is 9.47 Å². The molecule has 2 saturated carbocycles. The van der Waals surface area contributed by atoms with Crippen LogP contribution in [-0.4, -0.2) is 13.0 Å². The van der Waals surface area contributed by atoms with E-state index in [1.807, 2.05) is 0 Å². The third-order valence-corrected chi connectivity index (χ3v) is 3.50. The largest absolute Gasteiger partial charge is 0.573 e. The fraction of sp³-hybridized carbons (Fsp3) is 0.571. The van der Waals surface area contributed by atoms with Crippen LogP contribution in [0.4, 0.5) is 17.6 Å². The maximum Gasteiger partial charge on any atom is 0.573 e. The molecule has 0 unspecified atom stereocenters. The minimum atomic E-state index is -4.93. The van der Waals surface area contributed by atoms with Crippen molar-refractivity contribution in [2.45, 2.75) is 38.0 Å². The Hall–Kier alpha value is -1.46. The molecule has 0 N–H and O–H groups in total. The first-order chi connectivity index (χ1) is 9.44. The highest BCUT2D eigenvalue weighted by Crippen LogP contribution is 2.46. The van der Waals surface area contributed by atoms with Crippen molar-refractivity contribution < 1.29 is 27.0 Å². The zero-order chi connectivity index (χ0) is 14.3. The van der Waals surface area contributed by atoms with Gasteiger partial charge in [-0.15, -0.1) is 13.2 Å². The average Bonchev–Trinajstić information content (AvgIpc) is 3.22. The molecule has 0 aliphatic heterocycles. The van der Waals surface area contributed by atoms with Gasteiger partial charge in [-0.05, 0) is 49.1 Å². The van der Waals surface area contributed by atoms with Crippen molar-refractivity contribution in [3.05, 3.63) is 23.5 Å². The lowest BCUT2D eigenvalue weighted by Gasteiger charge is -2.16. The van der Waals surface area contributed by atoms with Crippen LogP contribution in [0.5, 0.6) is 11.5 Å². The lowest BCUT2D eigenvalue weighted by Crippen LogP contribution is -2.19. The molecular formula is C14H14F4O2. The van der Waals surface area contributed by atoms with Crippen LogP contribution in [0.15, 0.2) is 12.1 Å². The van der Waals surface area contributed by atoms with Crippen LogP contribution in [0.2, 0.25) is 0 Å². The van der Waals surface area contributed by atoms with E-state index in [0.29, 0.717) is 12.5 Å². The second kappa shape index (κ2) is 4.82. The maximum absolute atomic E-state index is 14.2. The van der Waals surface area contributed by atoms with Gasteiger partial charge in [-0.2, -0.15) is 0 Å². The Labute approximate surface area is 113 Å². The van der Waals surface area contributed by atoms with Gasteiger partial charge in [0.15, 0.2) is 11.6 Å². The van der Waals surface area contributed by atoms with Gasteiger partial charge in [0, 0.05) is 0 Å². The SMILES string of the molecule is Fc1c(C2CC2)ccc(OCC2CC2)c1OC(F)(F)F. The predicted octanol–water partition coefficient (Wildman–Crippen LogP) is 4.39. The molecule has 1 aromatic carbocycles. The zero-order valence-corrected chi connectivity index (χ0v) is 10.7. The summed E-state index contributed by atoms with van der Waals surface area (Å²) in [6.07, 6.45) is -1.34. The Bertz CT molecular complexity index is 505. The number of alkyl halides is 3. The Morgan fingerprint density at radius 2 is 1.80 bits per heavy atom. The molecule has 0 radical (unpaired) electrons. The molecule has 0 amide bonds. The van der Waals surface area contributed by atoms with Gasteiger partial charge >= 0.3 is 6.36 Å². The van der Waals surface area contributed by atoms with E-state index >= 15 is 0 Å². The molecule has 0 spiro atoms. The van der Waals surface area contributed by atoms with E-state index in [1.165, 1.54) is 12.1 Å². The summed E-state index contributed by atoms with van der Waals surface area (Å²) in [6, 6.07) is 2.87. The van der Waals surface area contributed by atoms with Crippen molar-refractivity contribution in [1.82, 2.24) is 0 Å². The van der Waals surface area contributed by atoms with E-state index in [-0.39, 0.29) is 17.2 Å². The van der Waals surface area contributed by atoms with Crippen molar-refractivity contribution in [2.24, 2.45) is 5.92 Å². The van der Waals surface area contributed by atoms with Crippen molar-refractivity contribution in [1.29, 1.82) is 0 Å². The summed E-state index contributed by atoms with van der Waals surface area (Å²) in [5.74, 6) is -1.58. The van der Waals surface area contributed by atoms with Gasteiger partial charge in [-0.1, -0.05) is 6.07 Å². The van der Waals surface area contributed by atoms with E-state index in [0.717, 1.165) is 25.7 Å². The van der Waals surface area contributed by atoms with Crippen molar-refractivity contribution in [2.75, 3.05) is 6.61 Å². The maximum atomic E-state index is 14.2. The molecule has 2 aliphatic carbocycles. The topological polar surface area (TPSA) is 18.5 Å². The second-order valence-corrected chi connectivity index (χ2v) is 5.37. The summed E-state index contributed by atoms with van der Waals surface area (Å²) in [4.78, 5) is 0. The Kier molecular flexibility index (Phi) is 3.26. The normalized spacial score (nSPS) is 19.0. The van der Waals surface area contributed by atoms with E-state index < -0.39 is 17.9 Å². The lowest BCUT2D eigenvalue weighted by molar-refractivity contribution is -0.276. The van der Waals surface area contributed by atoms with Gasteiger partial charge < -0.3 is 9.47 Å². The molecule has 3 rings (SSSR count). The van der Waals surface area contributed by atoms with Gasteiger partial charge in [0.05, 0.1) is 6.61 Å². The molecule has 6 heteroatoms. The first kappa shape index (κ1) is 13.5. The average molecular weight is 290 g/mol. The molecule has 0 bridgehead atoms. The Morgan fingerprint density at radius 3 is 2.35 bits per heavy atom. The number of rotatable bonds is 5. The molecule has 110 valence electrons. The van der Waals surface area contributed by atoms with Gasteiger partial charge in [0.25, 0.3) is 0 Å². The minimum Gasteiger partial charge on any atom is -0.489 e. The highest BCUT2D eigenvalue weighted by Gasteiger charge is 2.37. The summed E-state index contributed by atoms with van der Waals surface area (Å²) >= 11 is 0. The fourth-order valence-corrected chi connectivity index (χ4v) is 2.08. The van der Waals surface area contributed by atoms with Crippen LogP contribution in [0.1, 0.15) is 37.2 Å². The zero-order valence-electron chi connectivity index (χ0n) is 10.7. The predicted molar refractivity (Wildman–Crippen MR) is 63.3 cm³/mol. The highest BCUT2D eigenvalue weighted by molar-refractivity contribution is 5.46. The fourth-order valence-electron chi connectivity index (χ4n) is 2.08. The number of hydrogen-bond acceptors (Lipinski definition) is 2. The smallest absolute Gasteiger partial charge is 0.489 e. The molecule has 2 nitrogen and oxygen atoms in total. The number of ether oxygens (including phenoxy) is 2. The van der Waals surface area contributed by atoms with Crippen molar-refractivity contribution in [3.63, 3.8) is 0 Å². The number of halogens is 4. The van der Waals surface area contributed by atoms with Gasteiger partial charge in [-0.25, -0.2) is 4.39 Å². The monoisotopic (exact) mass is 290 g/mol. The number of hydrogen-bond donors (Lipinski definition) is 0. The van der Waals surface area contributed by atoms with Crippen LogP contribution in [0.25, 0.3) is 0 Å². The Balaban J connectivity index is 1.87. The Morgan fingerprint density at radius 1 is 1.10 bits per heavy atom. The molecule has 0 aromatic heterocycles. The first-order valence-electron chi connectivity index (χ1n) is 6.65. The van der Waals surface area contributed by atoms with Gasteiger partial charge in [0.2, 0.25) is 5.75 Å². The lowest BCUT2D eigenvalue weighted by atomic mass is 10.1. The van der Waals surface area contributed by atoms with E-state index in [4.69, 9.17) is 4.74 Å². The number of benzene rings is 1. The van der Waals surface area contributed by atoms with Crippen molar-refractivity contribution >= 4 is 0 Å². The van der Waals surface area contributed by atoms with Crippen molar-refractivity contribution in [3.8, 4) is 11.5 Å². The third kappa shape index (κ3) is 3.16. The van der Waals surface area contributed by atoms with E-state index in [1.54, 1.807) is 0 Å². The summed E-state index contributed by atoms with van der Waals surface area (Å²) in [6.45, 7) is 0.302. The molecular weight excluding hydrogens is 276 g/mol. The molecule has 2 aliphatic rings. The molecule has 0 heterocycles. The van der Waals surface area contributed by atoms with Crippen LogP contribution in [0, 0.1) is 11.7 Å². The molecule has 2 fully saturated rings. The summed E-state index contributed by atoms with van der Waals surface area (Å²) in [5, 5.41) is 0. The molecule has 0 saturated heterocycles. The molecule has 1 aromatic rings. The second-order valence-electron chi connectivity index (χ2n) is 5.37. The molecule has 20 heavy (non-hydrogen) atoms. The van der Waals surface area contributed by atoms with E-state index in [9.17, 15) is 17.6 Å². The van der Waals surface area contributed by atoms with Crippen LogP contribution in [0.3, 0.4) is 0 Å². The first-order valence-corrected chi connectivity index (χ1v) is 6.65. The summed E-state index contributed by atoms with van der Waals surface area (Å²) < 4.78 is 60.6. The third-order valence-electron chi connectivity index (χ3n) is 3.50. The quantitative estimate of drug-likeness (QED) is 0.749. The summed E-state index contributed by atoms with van der Waals surface area (Å²) in [5.41, 5.74) is 0.281. The highest BCUT2D eigenvalue weighted by atomic mass is 19.4. The van der Waals surface area contributed by atoms with Crippen LogP contribution in [-0.2, 0) is 0 Å². The summed E-state index contributed by atoms with van der Waals surface area (Å²) in [7, 11) is 0. The van der Waals surface area contributed by atoms with Crippen LogP contribution >= 0.6 is 0 Å². The molecule has 0 atom stereocenters.